The van der Waals surface area contributed by atoms with Crippen molar-refractivity contribution in [3.05, 3.63) is 65.2 Å². The van der Waals surface area contributed by atoms with Crippen LogP contribution in [0.3, 0.4) is 0 Å². The van der Waals surface area contributed by atoms with E-state index in [9.17, 15) is 4.79 Å². The van der Waals surface area contributed by atoms with E-state index in [0.29, 0.717) is 16.9 Å². The minimum absolute atomic E-state index is 0.0962. The van der Waals surface area contributed by atoms with Gasteiger partial charge in [-0.25, -0.2) is 0 Å². The predicted octanol–water partition coefficient (Wildman–Crippen LogP) is 4.89. The second kappa shape index (κ2) is 7.36. The number of carbonyl (C=O) groups is 1. The van der Waals surface area contributed by atoms with E-state index in [-0.39, 0.29) is 5.91 Å². The van der Waals surface area contributed by atoms with E-state index in [4.69, 9.17) is 21.1 Å². The van der Waals surface area contributed by atoms with Crippen molar-refractivity contribution in [1.82, 2.24) is 4.90 Å². The van der Waals surface area contributed by atoms with Crippen molar-refractivity contribution in [2.75, 3.05) is 33.4 Å². The summed E-state index contributed by atoms with van der Waals surface area (Å²) in [5.41, 5.74) is 2.63. The van der Waals surface area contributed by atoms with E-state index in [1.165, 1.54) is 0 Å². The molecule has 3 aromatic rings. The SMILES string of the molecule is COc1ccc(Cl)c(-c2ccc(C(=O)N3C[C@H]4COC[C@H]4C3)c3ccccc23)c1. The Balaban J connectivity index is 1.58. The number of benzene rings is 3. The van der Waals surface area contributed by atoms with Gasteiger partial charge < -0.3 is 14.4 Å². The van der Waals surface area contributed by atoms with Crippen molar-refractivity contribution in [2.24, 2.45) is 11.8 Å². The molecular formula is C24H22ClNO3. The summed E-state index contributed by atoms with van der Waals surface area (Å²) in [5.74, 6) is 1.79. The topological polar surface area (TPSA) is 38.8 Å². The molecule has 2 fully saturated rings. The molecule has 0 aliphatic carbocycles. The molecule has 1 amide bonds. The Morgan fingerprint density at radius 2 is 1.72 bits per heavy atom. The van der Waals surface area contributed by atoms with Crippen molar-refractivity contribution >= 4 is 28.3 Å². The molecule has 4 nitrogen and oxygen atoms in total. The van der Waals surface area contributed by atoms with E-state index in [1.807, 2.05) is 59.5 Å². The van der Waals surface area contributed by atoms with E-state index < -0.39 is 0 Å². The fraction of sp³-hybridized carbons (Fsp3) is 0.292. The molecule has 29 heavy (non-hydrogen) atoms. The third-order valence-corrected chi connectivity index (χ3v) is 6.48. The van der Waals surface area contributed by atoms with Gasteiger partial charge >= 0.3 is 0 Å². The van der Waals surface area contributed by atoms with Crippen LogP contribution in [0.2, 0.25) is 5.02 Å². The van der Waals surface area contributed by atoms with Crippen LogP contribution >= 0.6 is 11.6 Å². The molecule has 2 heterocycles. The minimum Gasteiger partial charge on any atom is -0.497 e. The lowest BCUT2D eigenvalue weighted by molar-refractivity contribution is 0.0753. The average molecular weight is 408 g/mol. The lowest BCUT2D eigenvalue weighted by Crippen LogP contribution is -2.30. The minimum atomic E-state index is 0.0962. The Bertz CT molecular complexity index is 1080. The highest BCUT2D eigenvalue weighted by molar-refractivity contribution is 6.34. The summed E-state index contributed by atoms with van der Waals surface area (Å²) in [6.07, 6.45) is 0. The highest BCUT2D eigenvalue weighted by Crippen LogP contribution is 2.38. The molecule has 0 bridgehead atoms. The molecule has 148 valence electrons. The monoisotopic (exact) mass is 407 g/mol. The van der Waals surface area contributed by atoms with Gasteiger partial charge in [0, 0.05) is 41.1 Å². The van der Waals surface area contributed by atoms with Gasteiger partial charge in [0.05, 0.1) is 20.3 Å². The molecule has 2 aliphatic rings. The van der Waals surface area contributed by atoms with Crippen LogP contribution in [0, 0.1) is 11.8 Å². The number of rotatable bonds is 3. The largest absolute Gasteiger partial charge is 0.497 e. The van der Waals surface area contributed by atoms with Crippen LogP contribution in [0.1, 0.15) is 10.4 Å². The van der Waals surface area contributed by atoms with E-state index in [1.54, 1.807) is 7.11 Å². The molecule has 0 saturated carbocycles. The Kier molecular flexibility index (Phi) is 4.69. The first-order valence-corrected chi connectivity index (χ1v) is 10.3. The molecule has 3 aromatic carbocycles. The lowest BCUT2D eigenvalue weighted by atomic mass is 9.94. The van der Waals surface area contributed by atoms with Crippen molar-refractivity contribution in [2.45, 2.75) is 0 Å². The number of nitrogens with zero attached hydrogens (tertiary/aromatic N) is 1. The Morgan fingerprint density at radius 1 is 1.00 bits per heavy atom. The van der Waals surface area contributed by atoms with Gasteiger partial charge in [-0.1, -0.05) is 41.9 Å². The summed E-state index contributed by atoms with van der Waals surface area (Å²) in [7, 11) is 1.64. The van der Waals surface area contributed by atoms with Gasteiger partial charge in [-0.05, 0) is 40.6 Å². The molecule has 2 aliphatic heterocycles. The summed E-state index contributed by atoms with van der Waals surface area (Å²) in [4.78, 5) is 15.3. The smallest absolute Gasteiger partial charge is 0.254 e. The third kappa shape index (κ3) is 3.17. The number of ether oxygens (including phenoxy) is 2. The zero-order chi connectivity index (χ0) is 20.0. The summed E-state index contributed by atoms with van der Waals surface area (Å²) in [6, 6.07) is 17.6. The highest BCUT2D eigenvalue weighted by Gasteiger charge is 2.39. The van der Waals surface area contributed by atoms with Gasteiger partial charge in [-0.2, -0.15) is 0 Å². The Morgan fingerprint density at radius 3 is 2.45 bits per heavy atom. The van der Waals surface area contributed by atoms with Gasteiger partial charge in [0.2, 0.25) is 0 Å². The number of fused-ring (bicyclic) bond motifs is 2. The fourth-order valence-electron chi connectivity index (χ4n) is 4.58. The molecular weight excluding hydrogens is 386 g/mol. The summed E-state index contributed by atoms with van der Waals surface area (Å²) < 4.78 is 10.9. The molecule has 0 unspecified atom stereocenters. The molecule has 0 radical (unpaired) electrons. The maximum Gasteiger partial charge on any atom is 0.254 e. The zero-order valence-electron chi connectivity index (χ0n) is 16.2. The molecule has 0 aromatic heterocycles. The van der Waals surface area contributed by atoms with Crippen LogP contribution in [0.15, 0.2) is 54.6 Å². The van der Waals surface area contributed by atoms with Crippen molar-refractivity contribution in [3.8, 4) is 16.9 Å². The number of methoxy groups -OCH3 is 1. The highest BCUT2D eigenvalue weighted by atomic mass is 35.5. The molecule has 0 N–H and O–H groups in total. The van der Waals surface area contributed by atoms with Crippen molar-refractivity contribution in [1.29, 1.82) is 0 Å². The molecule has 5 heteroatoms. The maximum atomic E-state index is 13.3. The first kappa shape index (κ1) is 18.5. The van der Waals surface area contributed by atoms with E-state index in [0.717, 1.165) is 59.5 Å². The van der Waals surface area contributed by atoms with Gasteiger partial charge in [-0.15, -0.1) is 0 Å². The normalized spacial score (nSPS) is 20.8. The molecule has 0 spiro atoms. The van der Waals surface area contributed by atoms with Crippen LogP contribution in [-0.2, 0) is 4.74 Å². The Labute approximate surface area is 175 Å². The number of likely N-dealkylation sites (tertiary alicyclic amines) is 1. The molecule has 2 atom stereocenters. The number of halogens is 1. The van der Waals surface area contributed by atoms with E-state index in [2.05, 4.69) is 0 Å². The van der Waals surface area contributed by atoms with E-state index >= 15 is 0 Å². The van der Waals surface area contributed by atoms with Crippen molar-refractivity contribution < 1.29 is 14.3 Å². The summed E-state index contributed by atoms with van der Waals surface area (Å²) in [6.45, 7) is 3.09. The van der Waals surface area contributed by atoms with Crippen LogP contribution in [0.25, 0.3) is 21.9 Å². The summed E-state index contributed by atoms with van der Waals surface area (Å²) >= 11 is 6.51. The molecule has 2 saturated heterocycles. The molecule has 5 rings (SSSR count). The first-order chi connectivity index (χ1) is 14.2. The Hall–Kier alpha value is -2.56. The maximum absolute atomic E-state index is 13.3. The third-order valence-electron chi connectivity index (χ3n) is 6.15. The average Bonchev–Trinajstić information content (AvgIpc) is 3.35. The van der Waals surface area contributed by atoms with Crippen LogP contribution in [-0.4, -0.2) is 44.2 Å². The van der Waals surface area contributed by atoms with Crippen LogP contribution < -0.4 is 4.74 Å². The van der Waals surface area contributed by atoms with Gasteiger partial charge in [-0.3, -0.25) is 4.79 Å². The van der Waals surface area contributed by atoms with Gasteiger partial charge in [0.15, 0.2) is 0 Å². The fourth-order valence-corrected chi connectivity index (χ4v) is 4.80. The summed E-state index contributed by atoms with van der Waals surface area (Å²) in [5, 5.41) is 2.61. The number of hydrogen-bond donors (Lipinski definition) is 0. The van der Waals surface area contributed by atoms with Gasteiger partial charge in [0.1, 0.15) is 5.75 Å². The second-order valence-corrected chi connectivity index (χ2v) is 8.23. The number of amides is 1. The van der Waals surface area contributed by atoms with Gasteiger partial charge in [0.25, 0.3) is 5.91 Å². The number of carbonyl (C=O) groups excluding carboxylic acids is 1. The van der Waals surface area contributed by atoms with Crippen molar-refractivity contribution in [3.63, 3.8) is 0 Å². The number of hydrogen-bond acceptors (Lipinski definition) is 3. The standard InChI is InChI=1S/C24H22ClNO3/c1-28-17-6-9-23(25)22(10-17)20-7-8-21(19-5-3-2-4-18(19)20)24(27)26-11-15-13-29-14-16(15)12-26/h2-10,15-16H,11-14H2,1H3/t15-,16+. The second-order valence-electron chi connectivity index (χ2n) is 7.82. The van der Waals surface area contributed by atoms with Crippen LogP contribution in [0.5, 0.6) is 5.75 Å². The quantitative estimate of drug-likeness (QED) is 0.620. The first-order valence-electron chi connectivity index (χ1n) is 9.88. The van der Waals surface area contributed by atoms with Crippen LogP contribution in [0.4, 0.5) is 0 Å². The lowest BCUT2D eigenvalue weighted by Gasteiger charge is -2.20. The zero-order valence-corrected chi connectivity index (χ0v) is 17.0. The predicted molar refractivity (Wildman–Crippen MR) is 115 cm³/mol.